The minimum absolute atomic E-state index is 0.0444. The molecular formula is C16H12OSe. The number of benzene rings is 2. The van der Waals surface area contributed by atoms with E-state index in [4.69, 9.17) is 0 Å². The van der Waals surface area contributed by atoms with Crippen molar-refractivity contribution in [3.05, 3.63) is 71.8 Å². The van der Waals surface area contributed by atoms with Crippen molar-refractivity contribution in [3.8, 4) is 10.7 Å². The van der Waals surface area contributed by atoms with Crippen LogP contribution in [0.25, 0.3) is 0 Å². The van der Waals surface area contributed by atoms with Crippen LogP contribution in [-0.4, -0.2) is 20.7 Å². The fourth-order valence-electron chi connectivity index (χ4n) is 1.43. The fraction of sp³-hybridized carbons (Fsp3) is 0.0625. The van der Waals surface area contributed by atoms with Gasteiger partial charge in [-0.25, -0.2) is 0 Å². The van der Waals surface area contributed by atoms with E-state index in [0.29, 0.717) is 5.32 Å². The molecule has 2 rings (SSSR count). The minimum atomic E-state index is 0.0444. The molecule has 0 saturated carbocycles. The third kappa shape index (κ3) is 3.89. The van der Waals surface area contributed by atoms with E-state index in [2.05, 4.69) is 10.7 Å². The molecule has 0 amide bonds. The molecule has 2 aromatic carbocycles. The fourth-order valence-corrected chi connectivity index (χ4v) is 2.60. The van der Waals surface area contributed by atoms with Crippen LogP contribution >= 0.6 is 0 Å². The average molecular weight is 299 g/mol. The Morgan fingerprint density at radius 3 is 2.22 bits per heavy atom. The number of carbonyl (C=O) groups excluding carboxylic acids is 1. The van der Waals surface area contributed by atoms with E-state index < -0.39 is 0 Å². The second kappa shape index (κ2) is 6.81. The molecule has 0 aliphatic rings. The molecule has 0 unspecified atom stereocenters. The third-order valence-electron chi connectivity index (χ3n) is 2.34. The van der Waals surface area contributed by atoms with Crippen LogP contribution in [0.3, 0.4) is 0 Å². The quantitative estimate of drug-likeness (QED) is 0.484. The Hall–Kier alpha value is -1.81. The van der Waals surface area contributed by atoms with Gasteiger partial charge < -0.3 is 0 Å². The van der Waals surface area contributed by atoms with Crippen molar-refractivity contribution in [3.63, 3.8) is 0 Å². The van der Waals surface area contributed by atoms with Gasteiger partial charge in [0.25, 0.3) is 0 Å². The van der Waals surface area contributed by atoms with Gasteiger partial charge in [-0.05, 0) is 0 Å². The van der Waals surface area contributed by atoms with Gasteiger partial charge in [0.2, 0.25) is 0 Å². The Kier molecular flexibility index (Phi) is 4.78. The molecule has 0 aromatic heterocycles. The summed E-state index contributed by atoms with van der Waals surface area (Å²) in [5, 5.41) is 0.539. The van der Waals surface area contributed by atoms with Gasteiger partial charge in [-0.1, -0.05) is 0 Å². The van der Waals surface area contributed by atoms with Gasteiger partial charge in [0.1, 0.15) is 0 Å². The van der Waals surface area contributed by atoms with E-state index >= 15 is 0 Å². The predicted molar refractivity (Wildman–Crippen MR) is 74.7 cm³/mol. The van der Waals surface area contributed by atoms with Gasteiger partial charge >= 0.3 is 113 Å². The summed E-state index contributed by atoms with van der Waals surface area (Å²) in [5.74, 6) is 3.26. The maximum absolute atomic E-state index is 11.8. The van der Waals surface area contributed by atoms with Gasteiger partial charge in [-0.3, -0.25) is 0 Å². The van der Waals surface area contributed by atoms with Crippen LogP contribution in [0, 0.1) is 10.7 Å². The van der Waals surface area contributed by atoms with Crippen molar-refractivity contribution in [1.29, 1.82) is 0 Å². The zero-order chi connectivity index (χ0) is 12.6. The van der Waals surface area contributed by atoms with Crippen LogP contribution in [-0.2, 0) is 0 Å². The summed E-state index contributed by atoms with van der Waals surface area (Å²) in [4.78, 5) is 14.9. The van der Waals surface area contributed by atoms with E-state index in [1.54, 1.807) is 0 Å². The molecule has 2 heteroatoms. The Morgan fingerprint density at radius 2 is 1.56 bits per heavy atom. The zero-order valence-corrected chi connectivity index (χ0v) is 11.5. The Bertz CT molecular complexity index is 564. The molecule has 0 heterocycles. The molecular weight excluding hydrogens is 287 g/mol. The summed E-state index contributed by atoms with van der Waals surface area (Å²) in [6.45, 7) is 0. The number of Topliss-reactive ketones (excluding diaryl/α,β-unsaturated/α-hetero) is 1. The van der Waals surface area contributed by atoms with Crippen molar-refractivity contribution < 1.29 is 4.79 Å². The molecule has 0 atom stereocenters. The molecule has 0 radical (unpaired) electrons. The first kappa shape index (κ1) is 12.6. The average Bonchev–Trinajstić information content (AvgIpc) is 2.45. The molecule has 0 aliphatic heterocycles. The van der Waals surface area contributed by atoms with Crippen LogP contribution in [0.15, 0.2) is 60.7 Å². The van der Waals surface area contributed by atoms with E-state index in [1.807, 2.05) is 60.7 Å². The van der Waals surface area contributed by atoms with Crippen molar-refractivity contribution in [1.82, 2.24) is 0 Å². The summed E-state index contributed by atoms with van der Waals surface area (Å²) < 4.78 is 0. The van der Waals surface area contributed by atoms with Crippen molar-refractivity contribution in [2.24, 2.45) is 0 Å². The van der Waals surface area contributed by atoms with E-state index in [-0.39, 0.29) is 20.7 Å². The van der Waals surface area contributed by atoms with Crippen LogP contribution in [0.2, 0.25) is 5.32 Å². The molecule has 1 nitrogen and oxygen atoms in total. The molecule has 0 aliphatic carbocycles. The van der Waals surface area contributed by atoms with Crippen molar-refractivity contribution >= 4 is 20.7 Å². The second-order valence-electron chi connectivity index (χ2n) is 3.67. The molecule has 0 fully saturated rings. The number of hydrogen-bond donors (Lipinski definition) is 0. The molecule has 0 saturated heterocycles. The Morgan fingerprint density at radius 1 is 0.944 bits per heavy atom. The van der Waals surface area contributed by atoms with Crippen molar-refractivity contribution in [2.45, 2.75) is 5.32 Å². The summed E-state index contributed by atoms with van der Waals surface area (Å²) in [6.07, 6.45) is 0. The number of hydrogen-bond acceptors (Lipinski definition) is 1. The van der Waals surface area contributed by atoms with E-state index in [0.717, 1.165) is 11.1 Å². The molecule has 2 aromatic rings. The maximum atomic E-state index is 11.8. The first-order valence-corrected chi connectivity index (χ1v) is 7.69. The Balaban J connectivity index is 1.87. The summed E-state index contributed by atoms with van der Waals surface area (Å²) in [5.41, 5.74) is 1.78. The molecule has 0 N–H and O–H groups in total. The monoisotopic (exact) mass is 300 g/mol. The third-order valence-corrected chi connectivity index (χ3v) is 3.71. The zero-order valence-electron chi connectivity index (χ0n) is 9.80. The predicted octanol–water partition coefficient (Wildman–Crippen LogP) is 3.00. The summed E-state index contributed by atoms with van der Waals surface area (Å²) in [7, 11) is 0. The summed E-state index contributed by atoms with van der Waals surface area (Å²) in [6, 6.07) is 19.2. The molecule has 0 bridgehead atoms. The Labute approximate surface area is 113 Å². The van der Waals surface area contributed by atoms with Crippen LogP contribution in [0.1, 0.15) is 15.9 Å². The normalized spacial score (nSPS) is 9.33. The topological polar surface area (TPSA) is 17.1 Å². The van der Waals surface area contributed by atoms with Crippen LogP contribution < -0.4 is 0 Å². The molecule has 18 heavy (non-hydrogen) atoms. The van der Waals surface area contributed by atoms with Crippen molar-refractivity contribution in [2.75, 3.05) is 0 Å². The number of carbonyl (C=O) groups is 1. The van der Waals surface area contributed by atoms with E-state index in [9.17, 15) is 4.79 Å². The summed E-state index contributed by atoms with van der Waals surface area (Å²) >= 11 is 0.0444. The van der Waals surface area contributed by atoms with E-state index in [1.165, 1.54) is 0 Å². The van der Waals surface area contributed by atoms with Gasteiger partial charge in [-0.2, -0.15) is 0 Å². The number of ketones is 1. The van der Waals surface area contributed by atoms with Gasteiger partial charge in [-0.15, -0.1) is 0 Å². The number of rotatable bonds is 3. The first-order chi connectivity index (χ1) is 8.86. The molecule has 88 valence electrons. The molecule has 0 spiro atoms. The van der Waals surface area contributed by atoms with Crippen LogP contribution in [0.4, 0.5) is 0 Å². The van der Waals surface area contributed by atoms with Gasteiger partial charge in [0, 0.05) is 0 Å². The van der Waals surface area contributed by atoms with Gasteiger partial charge in [0.15, 0.2) is 0 Å². The second-order valence-corrected chi connectivity index (χ2v) is 5.31. The first-order valence-electron chi connectivity index (χ1n) is 5.62. The van der Waals surface area contributed by atoms with Crippen LogP contribution in [0.5, 0.6) is 0 Å². The SMILES string of the molecule is O=C(C[Se]C#Cc1ccccc1)c1ccccc1. The standard InChI is InChI=1S/C16H12OSe/c17-16(15-9-5-2-6-10-15)13-18-12-11-14-7-3-1-4-8-14/h1-10H,13H2. The van der Waals surface area contributed by atoms with Gasteiger partial charge in [0.05, 0.1) is 0 Å².